The molecule has 4 rings (SSSR count). The molecule has 0 amide bonds. The van der Waals surface area contributed by atoms with Crippen molar-refractivity contribution in [2.24, 2.45) is 0 Å². The minimum atomic E-state index is -3.76. The van der Waals surface area contributed by atoms with Gasteiger partial charge in [0.2, 0.25) is 0 Å². The van der Waals surface area contributed by atoms with Crippen molar-refractivity contribution in [2.75, 3.05) is 4.72 Å². The SMILES string of the molecule is Cc1cc2nccc(NS(=O)(=O)c3ccc(-c4cocn4)cc3)n2n1. The van der Waals surface area contributed by atoms with Gasteiger partial charge in [-0.25, -0.2) is 18.4 Å². The number of sulfonamides is 1. The van der Waals surface area contributed by atoms with Crippen LogP contribution in [0.15, 0.2) is 64.6 Å². The van der Waals surface area contributed by atoms with Gasteiger partial charge in [0, 0.05) is 17.8 Å². The number of nitrogens with zero attached hydrogens (tertiary/aromatic N) is 4. The molecule has 3 aromatic heterocycles. The van der Waals surface area contributed by atoms with E-state index in [4.69, 9.17) is 4.42 Å². The number of fused-ring (bicyclic) bond motifs is 1. The molecule has 8 nitrogen and oxygen atoms in total. The van der Waals surface area contributed by atoms with Crippen LogP contribution in [-0.4, -0.2) is 28.0 Å². The number of rotatable bonds is 4. The van der Waals surface area contributed by atoms with Crippen molar-refractivity contribution in [2.45, 2.75) is 11.8 Å². The number of hydrogen-bond acceptors (Lipinski definition) is 6. The van der Waals surface area contributed by atoms with E-state index in [0.29, 0.717) is 17.2 Å². The maximum absolute atomic E-state index is 12.6. The van der Waals surface area contributed by atoms with Gasteiger partial charge < -0.3 is 4.42 Å². The van der Waals surface area contributed by atoms with Gasteiger partial charge >= 0.3 is 0 Å². The van der Waals surface area contributed by atoms with Crippen LogP contribution in [0, 0.1) is 6.92 Å². The molecule has 1 N–H and O–H groups in total. The smallest absolute Gasteiger partial charge is 0.263 e. The van der Waals surface area contributed by atoms with Crippen LogP contribution >= 0.6 is 0 Å². The van der Waals surface area contributed by atoms with Crippen LogP contribution in [0.4, 0.5) is 5.82 Å². The molecule has 0 saturated heterocycles. The fourth-order valence-corrected chi connectivity index (χ4v) is 3.49. The maximum Gasteiger partial charge on any atom is 0.263 e. The summed E-state index contributed by atoms with van der Waals surface area (Å²) in [4.78, 5) is 8.32. The molecular formula is C16H13N5O3S. The van der Waals surface area contributed by atoms with Crippen LogP contribution in [0.1, 0.15) is 5.69 Å². The van der Waals surface area contributed by atoms with E-state index in [1.807, 2.05) is 6.92 Å². The average Bonchev–Trinajstić information content (AvgIpc) is 3.24. The Kier molecular flexibility index (Phi) is 3.50. The lowest BCUT2D eigenvalue weighted by atomic mass is 10.2. The van der Waals surface area contributed by atoms with Crippen molar-refractivity contribution in [3.8, 4) is 11.3 Å². The lowest BCUT2D eigenvalue weighted by molar-refractivity contribution is 0.558. The lowest BCUT2D eigenvalue weighted by Crippen LogP contribution is -2.15. The summed E-state index contributed by atoms with van der Waals surface area (Å²) in [5, 5.41) is 4.25. The molecule has 0 radical (unpaired) electrons. The van der Waals surface area contributed by atoms with Gasteiger partial charge in [0.15, 0.2) is 12.0 Å². The van der Waals surface area contributed by atoms with Crippen molar-refractivity contribution in [1.29, 1.82) is 0 Å². The summed E-state index contributed by atoms with van der Waals surface area (Å²) in [7, 11) is -3.76. The highest BCUT2D eigenvalue weighted by molar-refractivity contribution is 7.92. The zero-order valence-corrected chi connectivity index (χ0v) is 13.9. The summed E-state index contributed by atoms with van der Waals surface area (Å²) in [6.45, 7) is 1.82. The highest BCUT2D eigenvalue weighted by Crippen LogP contribution is 2.21. The van der Waals surface area contributed by atoms with Crippen molar-refractivity contribution >= 4 is 21.5 Å². The Hall–Kier alpha value is -3.20. The van der Waals surface area contributed by atoms with E-state index in [-0.39, 0.29) is 4.90 Å². The van der Waals surface area contributed by atoms with Crippen LogP contribution in [0.2, 0.25) is 0 Å². The van der Waals surface area contributed by atoms with Crippen molar-refractivity contribution in [1.82, 2.24) is 19.6 Å². The first-order chi connectivity index (χ1) is 12.0. The van der Waals surface area contributed by atoms with Crippen LogP contribution < -0.4 is 4.72 Å². The van der Waals surface area contributed by atoms with Gasteiger partial charge in [0.1, 0.15) is 17.8 Å². The van der Waals surface area contributed by atoms with Crippen molar-refractivity contribution in [3.63, 3.8) is 0 Å². The van der Waals surface area contributed by atoms with Gasteiger partial charge in [0.05, 0.1) is 10.6 Å². The average molecular weight is 355 g/mol. The number of benzene rings is 1. The Morgan fingerprint density at radius 2 is 1.92 bits per heavy atom. The van der Waals surface area contributed by atoms with E-state index in [1.54, 1.807) is 24.3 Å². The molecule has 0 bridgehead atoms. The molecule has 0 atom stereocenters. The van der Waals surface area contributed by atoms with Crippen molar-refractivity contribution in [3.05, 3.63) is 60.9 Å². The number of anilines is 1. The first-order valence-electron chi connectivity index (χ1n) is 7.36. The fourth-order valence-electron chi connectivity index (χ4n) is 2.44. The fraction of sp³-hybridized carbons (Fsp3) is 0.0625. The third-order valence-corrected chi connectivity index (χ3v) is 4.98. The number of nitrogens with one attached hydrogen (secondary N) is 1. The molecule has 0 spiro atoms. The third kappa shape index (κ3) is 2.85. The molecule has 0 aliphatic heterocycles. The van der Waals surface area contributed by atoms with Gasteiger partial charge in [-0.05, 0) is 25.1 Å². The zero-order valence-electron chi connectivity index (χ0n) is 13.1. The lowest BCUT2D eigenvalue weighted by Gasteiger charge is -2.09. The van der Waals surface area contributed by atoms with E-state index in [2.05, 4.69) is 19.8 Å². The summed E-state index contributed by atoms with van der Waals surface area (Å²) in [6.07, 6.45) is 4.35. The van der Waals surface area contributed by atoms with E-state index in [9.17, 15) is 8.42 Å². The van der Waals surface area contributed by atoms with Gasteiger partial charge in [-0.2, -0.15) is 9.61 Å². The van der Waals surface area contributed by atoms with E-state index >= 15 is 0 Å². The third-order valence-electron chi connectivity index (χ3n) is 3.61. The molecule has 4 aromatic rings. The highest BCUT2D eigenvalue weighted by Gasteiger charge is 2.17. The maximum atomic E-state index is 12.6. The molecule has 3 heterocycles. The largest absolute Gasteiger partial charge is 0.451 e. The second kappa shape index (κ2) is 5.71. The normalized spacial score (nSPS) is 11.7. The quantitative estimate of drug-likeness (QED) is 0.603. The minimum Gasteiger partial charge on any atom is -0.451 e. The van der Waals surface area contributed by atoms with E-state index < -0.39 is 10.0 Å². The van der Waals surface area contributed by atoms with Crippen LogP contribution in [0.3, 0.4) is 0 Å². The van der Waals surface area contributed by atoms with Gasteiger partial charge in [0.25, 0.3) is 10.0 Å². The Labute approximate surface area is 143 Å². The second-order valence-electron chi connectivity index (χ2n) is 5.39. The molecule has 9 heteroatoms. The van der Waals surface area contributed by atoms with E-state index in [0.717, 1.165) is 11.3 Å². The monoisotopic (exact) mass is 355 g/mol. The highest BCUT2D eigenvalue weighted by atomic mass is 32.2. The Balaban J connectivity index is 1.67. The predicted octanol–water partition coefficient (Wildman–Crippen LogP) is 2.49. The molecule has 126 valence electrons. The number of oxazole rings is 1. The first kappa shape index (κ1) is 15.3. The molecule has 0 saturated carbocycles. The summed E-state index contributed by atoms with van der Waals surface area (Å²) in [5.41, 5.74) is 2.72. The molecule has 1 aromatic carbocycles. The van der Waals surface area contributed by atoms with Crippen molar-refractivity contribution < 1.29 is 12.8 Å². The predicted molar refractivity (Wildman–Crippen MR) is 90.5 cm³/mol. The molecule has 0 aliphatic carbocycles. The standard InChI is InChI=1S/C16H13N5O3S/c1-11-8-16-17-7-6-15(21(16)19-11)20-25(22,23)13-4-2-12(3-5-13)14-9-24-10-18-14/h2-10,20H,1H3. The van der Waals surface area contributed by atoms with Crippen LogP contribution in [0.5, 0.6) is 0 Å². The van der Waals surface area contributed by atoms with Crippen LogP contribution in [-0.2, 0) is 10.0 Å². The van der Waals surface area contributed by atoms with Gasteiger partial charge in [-0.3, -0.25) is 4.72 Å². The topological polar surface area (TPSA) is 102 Å². The zero-order chi connectivity index (χ0) is 17.4. The number of aromatic nitrogens is 4. The number of hydrogen-bond donors (Lipinski definition) is 1. The van der Waals surface area contributed by atoms with Gasteiger partial charge in [-0.1, -0.05) is 12.1 Å². The first-order valence-corrected chi connectivity index (χ1v) is 8.84. The Morgan fingerprint density at radius 3 is 2.64 bits per heavy atom. The molecule has 0 aliphatic rings. The summed E-state index contributed by atoms with van der Waals surface area (Å²) < 4.78 is 34.2. The minimum absolute atomic E-state index is 0.133. The van der Waals surface area contributed by atoms with Gasteiger partial charge in [-0.15, -0.1) is 0 Å². The summed E-state index contributed by atoms with van der Waals surface area (Å²) in [6, 6.07) is 9.70. The summed E-state index contributed by atoms with van der Waals surface area (Å²) in [5.74, 6) is 0.318. The molecule has 25 heavy (non-hydrogen) atoms. The molecule has 0 unspecified atom stereocenters. The molecule has 0 fully saturated rings. The summed E-state index contributed by atoms with van der Waals surface area (Å²) >= 11 is 0. The second-order valence-corrected chi connectivity index (χ2v) is 7.07. The van der Waals surface area contributed by atoms with E-state index in [1.165, 1.54) is 35.5 Å². The Morgan fingerprint density at radius 1 is 1.12 bits per heavy atom. The molecular weight excluding hydrogens is 342 g/mol. The Bertz CT molecular complexity index is 1130. The van der Waals surface area contributed by atoms with Crippen LogP contribution in [0.25, 0.3) is 16.9 Å². The number of aryl methyl sites for hydroxylation is 1.